The molecule has 29 heavy (non-hydrogen) atoms. The number of hydrogen-bond donors (Lipinski definition) is 2. The fourth-order valence-electron chi connectivity index (χ4n) is 3.52. The van der Waals surface area contributed by atoms with Crippen molar-refractivity contribution in [3.05, 3.63) is 77.1 Å². The maximum absolute atomic E-state index is 13.0. The number of rotatable bonds is 4. The lowest BCUT2D eigenvalue weighted by atomic mass is 10.0. The van der Waals surface area contributed by atoms with Crippen molar-refractivity contribution in [2.45, 2.75) is 25.8 Å². The first-order valence-electron chi connectivity index (χ1n) is 9.48. The molecule has 3 aromatic rings. The fraction of sp³-hybridized carbons (Fsp3) is 0.286. The quantitative estimate of drug-likeness (QED) is 0.708. The molecule has 0 aliphatic carbocycles. The van der Waals surface area contributed by atoms with Gasteiger partial charge in [-0.15, -0.1) is 0 Å². The van der Waals surface area contributed by atoms with Crippen LogP contribution in [0.3, 0.4) is 0 Å². The molecule has 2 atom stereocenters. The number of likely N-dealkylation sites (tertiary alicyclic amines) is 1. The second kappa shape index (κ2) is 7.83. The molecule has 1 fully saturated rings. The number of benzene rings is 1. The number of aromatic amines is 1. The Morgan fingerprint density at radius 2 is 1.86 bits per heavy atom. The zero-order valence-corrected chi connectivity index (χ0v) is 16.3. The van der Waals surface area contributed by atoms with Crippen LogP contribution in [0.4, 0.5) is 0 Å². The van der Waals surface area contributed by atoms with E-state index in [2.05, 4.69) is 25.5 Å². The summed E-state index contributed by atoms with van der Waals surface area (Å²) in [7, 11) is 0. The van der Waals surface area contributed by atoms with Crippen molar-refractivity contribution in [3.63, 3.8) is 0 Å². The Balaban J connectivity index is 1.56. The number of pyridine rings is 1. The van der Waals surface area contributed by atoms with Crippen LogP contribution < -0.4 is 5.32 Å². The second-order valence-corrected chi connectivity index (χ2v) is 7.23. The summed E-state index contributed by atoms with van der Waals surface area (Å²) in [6.07, 6.45) is 1.58. The van der Waals surface area contributed by atoms with Gasteiger partial charge in [0.15, 0.2) is 5.82 Å². The van der Waals surface area contributed by atoms with Gasteiger partial charge in [0.2, 0.25) is 0 Å². The molecular formula is C21H22N6O2. The largest absolute Gasteiger partial charge is 0.347 e. The Bertz CT molecular complexity index is 1020. The first kappa shape index (κ1) is 18.8. The van der Waals surface area contributed by atoms with Gasteiger partial charge in [0.05, 0.1) is 17.5 Å². The molecule has 0 radical (unpaired) electrons. The molecule has 1 aliphatic heterocycles. The number of aromatic nitrogens is 4. The minimum absolute atomic E-state index is 0.119. The summed E-state index contributed by atoms with van der Waals surface area (Å²) in [5.74, 6) is 0.791. The summed E-state index contributed by atoms with van der Waals surface area (Å²) in [4.78, 5) is 36.0. The number of nitrogens with one attached hydrogen (secondary N) is 2. The van der Waals surface area contributed by atoms with Crippen LogP contribution in [0, 0.1) is 13.8 Å². The summed E-state index contributed by atoms with van der Waals surface area (Å²) < 4.78 is 0. The highest BCUT2D eigenvalue weighted by molar-refractivity contribution is 5.95. The van der Waals surface area contributed by atoms with E-state index in [4.69, 9.17) is 0 Å². The minimum atomic E-state index is -0.291. The molecule has 0 saturated carbocycles. The van der Waals surface area contributed by atoms with Crippen molar-refractivity contribution >= 4 is 11.8 Å². The summed E-state index contributed by atoms with van der Waals surface area (Å²) in [5.41, 5.74) is 1.95. The summed E-state index contributed by atoms with van der Waals surface area (Å²) in [5, 5.41) is 10.2. The number of carbonyl (C=O) groups excluding carboxylic acids is 2. The van der Waals surface area contributed by atoms with Crippen LogP contribution in [0.1, 0.15) is 44.0 Å². The molecule has 1 aliphatic rings. The smallest absolute Gasteiger partial charge is 0.255 e. The van der Waals surface area contributed by atoms with Gasteiger partial charge < -0.3 is 10.2 Å². The van der Waals surface area contributed by atoms with Crippen LogP contribution in [0.15, 0.2) is 48.7 Å². The molecule has 0 spiro atoms. The van der Waals surface area contributed by atoms with Crippen molar-refractivity contribution in [2.75, 3.05) is 13.1 Å². The van der Waals surface area contributed by atoms with Gasteiger partial charge in [-0.3, -0.25) is 19.7 Å². The normalized spacial score (nSPS) is 18.6. The van der Waals surface area contributed by atoms with E-state index >= 15 is 0 Å². The number of amides is 2. The van der Waals surface area contributed by atoms with Crippen molar-refractivity contribution in [1.29, 1.82) is 0 Å². The van der Waals surface area contributed by atoms with Gasteiger partial charge in [-0.25, -0.2) is 4.98 Å². The first-order chi connectivity index (χ1) is 14.0. The molecule has 8 nitrogen and oxygen atoms in total. The van der Waals surface area contributed by atoms with Gasteiger partial charge in [-0.1, -0.05) is 18.2 Å². The molecule has 1 saturated heterocycles. The van der Waals surface area contributed by atoms with Crippen molar-refractivity contribution in [2.24, 2.45) is 0 Å². The van der Waals surface area contributed by atoms with Crippen LogP contribution in [-0.4, -0.2) is 56.0 Å². The zero-order chi connectivity index (χ0) is 20.4. The van der Waals surface area contributed by atoms with Gasteiger partial charge in [0.25, 0.3) is 11.8 Å². The Morgan fingerprint density at radius 3 is 2.52 bits per heavy atom. The number of aryl methyl sites for hydroxylation is 2. The lowest BCUT2D eigenvalue weighted by molar-refractivity contribution is 0.0782. The number of nitrogens with zero attached hydrogens (tertiary/aromatic N) is 4. The van der Waals surface area contributed by atoms with E-state index in [1.54, 1.807) is 29.3 Å². The molecule has 0 bridgehead atoms. The van der Waals surface area contributed by atoms with E-state index in [0.29, 0.717) is 35.9 Å². The van der Waals surface area contributed by atoms with Gasteiger partial charge in [-0.2, -0.15) is 5.10 Å². The van der Waals surface area contributed by atoms with E-state index < -0.39 is 0 Å². The fourth-order valence-corrected chi connectivity index (χ4v) is 3.52. The second-order valence-electron chi connectivity index (χ2n) is 7.23. The predicted molar refractivity (Wildman–Crippen MR) is 106 cm³/mol. The lowest BCUT2D eigenvalue weighted by Crippen LogP contribution is -2.40. The van der Waals surface area contributed by atoms with Gasteiger partial charge in [-0.05, 0) is 38.1 Å². The van der Waals surface area contributed by atoms with Gasteiger partial charge in [0, 0.05) is 30.5 Å². The molecule has 8 heteroatoms. The number of carbonyl (C=O) groups is 2. The molecule has 4 rings (SSSR count). The standard InChI is InChI=1S/C21H22N6O2/c1-13-8-9-16(10-22-13)21(29)27-11-17(19-23-14(2)25-26-19)18(12-27)24-20(28)15-6-4-3-5-7-15/h3-10,17-18H,11-12H2,1-2H3,(H,24,28)(H,23,25,26)/t17-,18-/m1/s1. The van der Waals surface area contributed by atoms with E-state index in [0.717, 1.165) is 5.69 Å². The molecular weight excluding hydrogens is 368 g/mol. The van der Waals surface area contributed by atoms with Gasteiger partial charge >= 0.3 is 0 Å². The summed E-state index contributed by atoms with van der Waals surface area (Å²) in [6.45, 7) is 4.50. The number of hydrogen-bond acceptors (Lipinski definition) is 5. The topological polar surface area (TPSA) is 104 Å². The Morgan fingerprint density at radius 1 is 1.07 bits per heavy atom. The Kier molecular flexibility index (Phi) is 5.07. The minimum Gasteiger partial charge on any atom is -0.347 e. The third-order valence-electron chi connectivity index (χ3n) is 5.06. The Labute approximate surface area is 168 Å². The summed E-state index contributed by atoms with van der Waals surface area (Å²) in [6, 6.07) is 12.3. The highest BCUT2D eigenvalue weighted by Crippen LogP contribution is 2.27. The van der Waals surface area contributed by atoms with Crippen LogP contribution >= 0.6 is 0 Å². The van der Waals surface area contributed by atoms with Gasteiger partial charge in [0.1, 0.15) is 5.82 Å². The molecule has 0 unspecified atom stereocenters. The monoisotopic (exact) mass is 390 g/mol. The van der Waals surface area contributed by atoms with Crippen LogP contribution in [0.25, 0.3) is 0 Å². The van der Waals surface area contributed by atoms with E-state index in [-0.39, 0.29) is 23.8 Å². The van der Waals surface area contributed by atoms with E-state index in [1.807, 2.05) is 38.1 Å². The van der Waals surface area contributed by atoms with Crippen molar-refractivity contribution in [1.82, 2.24) is 30.4 Å². The molecule has 3 heterocycles. The average Bonchev–Trinajstić information content (AvgIpc) is 3.35. The summed E-state index contributed by atoms with van der Waals surface area (Å²) >= 11 is 0. The van der Waals surface area contributed by atoms with E-state index in [9.17, 15) is 9.59 Å². The van der Waals surface area contributed by atoms with Crippen LogP contribution in [0.2, 0.25) is 0 Å². The van der Waals surface area contributed by atoms with E-state index in [1.165, 1.54) is 0 Å². The Hall–Kier alpha value is -3.55. The molecule has 1 aromatic carbocycles. The molecule has 2 amide bonds. The molecule has 2 N–H and O–H groups in total. The zero-order valence-electron chi connectivity index (χ0n) is 16.3. The maximum atomic E-state index is 13.0. The maximum Gasteiger partial charge on any atom is 0.255 e. The highest BCUT2D eigenvalue weighted by Gasteiger charge is 2.39. The third-order valence-corrected chi connectivity index (χ3v) is 5.06. The average molecular weight is 390 g/mol. The SMILES string of the molecule is Cc1ccc(C(=O)N2C[C@@H](NC(=O)c3ccccc3)[C@H](c3n[nH]c(C)n3)C2)cn1. The first-order valence-corrected chi connectivity index (χ1v) is 9.48. The molecule has 2 aromatic heterocycles. The molecule has 148 valence electrons. The highest BCUT2D eigenvalue weighted by atomic mass is 16.2. The van der Waals surface area contributed by atoms with Crippen molar-refractivity contribution < 1.29 is 9.59 Å². The third kappa shape index (κ3) is 4.01. The van der Waals surface area contributed by atoms with Crippen LogP contribution in [0.5, 0.6) is 0 Å². The number of H-pyrrole nitrogens is 1. The van der Waals surface area contributed by atoms with Crippen molar-refractivity contribution in [3.8, 4) is 0 Å². The van der Waals surface area contributed by atoms with Crippen LogP contribution in [-0.2, 0) is 0 Å². The lowest BCUT2D eigenvalue weighted by Gasteiger charge is -2.18. The predicted octanol–water partition coefficient (Wildman–Crippen LogP) is 1.85.